The van der Waals surface area contributed by atoms with Gasteiger partial charge < -0.3 is 33.8 Å². The first-order valence-corrected chi connectivity index (χ1v) is 37.9. The van der Waals surface area contributed by atoms with Crippen LogP contribution in [0.1, 0.15) is 331 Å². The van der Waals surface area contributed by atoms with Crippen LogP contribution in [0.25, 0.3) is 0 Å². The molecule has 0 aromatic heterocycles. The lowest BCUT2D eigenvalue weighted by atomic mass is 10.00. The summed E-state index contributed by atoms with van der Waals surface area (Å²) in [5.41, 5.74) is 0. The number of ether oxygens (including phenoxy) is 4. The van der Waals surface area contributed by atoms with Crippen molar-refractivity contribution in [3.63, 3.8) is 0 Å². The Morgan fingerprint density at radius 1 is 0.337 bits per heavy atom. The highest BCUT2D eigenvalue weighted by molar-refractivity contribution is 7.47. The summed E-state index contributed by atoms with van der Waals surface area (Å²) in [6, 6.07) is 0. The van der Waals surface area contributed by atoms with Crippen LogP contribution in [0, 0.1) is 17.8 Å². The van der Waals surface area contributed by atoms with Crippen LogP contribution in [0.5, 0.6) is 0 Å². The van der Waals surface area contributed by atoms with Gasteiger partial charge in [-0.2, -0.15) is 0 Å². The molecule has 510 valence electrons. The largest absolute Gasteiger partial charge is 0.472 e. The van der Waals surface area contributed by atoms with Crippen LogP contribution < -0.4 is 0 Å². The van der Waals surface area contributed by atoms with E-state index in [1.165, 1.54) is 135 Å². The number of carbonyl (C=O) groups is 4. The van der Waals surface area contributed by atoms with E-state index in [9.17, 15) is 43.2 Å². The summed E-state index contributed by atoms with van der Waals surface area (Å²) >= 11 is 0. The molecule has 0 fully saturated rings. The summed E-state index contributed by atoms with van der Waals surface area (Å²) in [6.07, 6.45) is 40.4. The van der Waals surface area contributed by atoms with Crippen molar-refractivity contribution in [2.75, 3.05) is 39.6 Å². The molecule has 0 rings (SSSR count). The first kappa shape index (κ1) is 84.1. The van der Waals surface area contributed by atoms with E-state index >= 15 is 0 Å². The third-order valence-electron chi connectivity index (χ3n) is 15.7. The Labute approximate surface area is 524 Å². The lowest BCUT2D eigenvalue weighted by Crippen LogP contribution is -2.30. The van der Waals surface area contributed by atoms with Gasteiger partial charge in [0.2, 0.25) is 0 Å². The molecule has 86 heavy (non-hydrogen) atoms. The monoisotopic (exact) mass is 1270 g/mol. The van der Waals surface area contributed by atoms with Gasteiger partial charge in [0, 0.05) is 25.7 Å². The van der Waals surface area contributed by atoms with Crippen molar-refractivity contribution >= 4 is 39.5 Å². The molecular weight excluding hydrogens is 1140 g/mol. The molecule has 0 heterocycles. The van der Waals surface area contributed by atoms with Gasteiger partial charge in [0.25, 0.3) is 0 Å². The average Bonchev–Trinajstić information content (AvgIpc) is 3.53. The van der Waals surface area contributed by atoms with Crippen molar-refractivity contribution in [3.8, 4) is 0 Å². The van der Waals surface area contributed by atoms with Gasteiger partial charge in [0.1, 0.15) is 19.3 Å². The first-order chi connectivity index (χ1) is 41.3. The van der Waals surface area contributed by atoms with Gasteiger partial charge in [0.05, 0.1) is 26.4 Å². The van der Waals surface area contributed by atoms with Crippen LogP contribution in [0.3, 0.4) is 0 Å². The quantitative estimate of drug-likeness (QED) is 0.0222. The molecule has 0 aromatic rings. The molecule has 0 aromatic carbocycles. The van der Waals surface area contributed by atoms with E-state index in [1.807, 2.05) is 0 Å². The topological polar surface area (TPSA) is 237 Å². The second-order valence-corrected chi connectivity index (χ2v) is 28.3. The third-order valence-corrected chi connectivity index (χ3v) is 17.6. The number of hydrogen-bond acceptors (Lipinski definition) is 15. The van der Waals surface area contributed by atoms with Crippen molar-refractivity contribution < 1.29 is 80.2 Å². The number of phosphoric ester groups is 2. The second-order valence-electron chi connectivity index (χ2n) is 25.4. The lowest BCUT2D eigenvalue weighted by Gasteiger charge is -2.21. The Balaban J connectivity index is 5.23. The van der Waals surface area contributed by atoms with Crippen LogP contribution >= 0.6 is 15.6 Å². The molecule has 0 aliphatic heterocycles. The van der Waals surface area contributed by atoms with Crippen molar-refractivity contribution in [2.45, 2.75) is 349 Å². The van der Waals surface area contributed by atoms with Crippen LogP contribution in [-0.2, 0) is 65.4 Å². The zero-order chi connectivity index (χ0) is 63.8. The van der Waals surface area contributed by atoms with Gasteiger partial charge in [-0.1, -0.05) is 280 Å². The summed E-state index contributed by atoms with van der Waals surface area (Å²) in [5, 5.41) is 10.6. The Morgan fingerprint density at radius 3 is 0.884 bits per heavy atom. The van der Waals surface area contributed by atoms with E-state index in [0.717, 1.165) is 114 Å². The minimum Gasteiger partial charge on any atom is -0.462 e. The molecule has 0 saturated heterocycles. The number of aliphatic hydroxyl groups excluding tert-OH is 1. The van der Waals surface area contributed by atoms with Crippen LogP contribution in [-0.4, -0.2) is 96.7 Å². The fraction of sp³-hybridized carbons (Fsp3) is 0.940. The van der Waals surface area contributed by atoms with Gasteiger partial charge in [0.15, 0.2) is 12.2 Å². The highest BCUT2D eigenvalue weighted by atomic mass is 31.2. The number of aliphatic hydroxyl groups is 1. The lowest BCUT2D eigenvalue weighted by molar-refractivity contribution is -0.161. The SMILES string of the molecule is CCCCCCCCCCC(=O)OC[C@H](COP(=O)(O)OC[C@H](O)COP(=O)(O)OC[C@@H](COC(=O)CCCCCCCCCCCC(C)C)OC(=O)CCCCCCCCCCCCCCCC(C)C)OC(=O)CCCCCCCCC(C)CC. The maximum absolute atomic E-state index is 13.0. The highest BCUT2D eigenvalue weighted by Gasteiger charge is 2.30. The van der Waals surface area contributed by atoms with Gasteiger partial charge in [-0.15, -0.1) is 0 Å². The standard InChI is InChI=1S/C67H130O17P2/c1-8-10-11-12-13-26-34-41-48-64(69)77-55-63(84-67(72)51-44-37-30-29-33-40-47-60(7)9-2)57-82-86(75,76)80-53-61(68)52-79-85(73,74)81-56-62(54-78-65(70)49-42-35-27-23-19-21-25-32-39-46-59(5)6)83-66(71)50-43-36-28-22-18-16-14-15-17-20-24-31-38-45-58(3)4/h58-63,68H,8-57H2,1-7H3,(H,73,74)(H,75,76)/t60?,61-,62-,63-/m1/s1. The van der Waals surface area contributed by atoms with Crippen LogP contribution in [0.15, 0.2) is 0 Å². The Bertz CT molecular complexity index is 1700. The average molecular weight is 1270 g/mol. The Kier molecular flexibility index (Phi) is 56.9. The molecule has 3 N–H and O–H groups in total. The fourth-order valence-corrected chi connectivity index (χ4v) is 11.6. The van der Waals surface area contributed by atoms with Crippen molar-refractivity contribution in [1.29, 1.82) is 0 Å². The fourth-order valence-electron chi connectivity index (χ4n) is 9.98. The summed E-state index contributed by atoms with van der Waals surface area (Å²) in [5.74, 6) is 0.115. The molecule has 0 aliphatic rings. The predicted octanol–water partition coefficient (Wildman–Crippen LogP) is 18.7. The van der Waals surface area contributed by atoms with Gasteiger partial charge in [-0.25, -0.2) is 9.13 Å². The minimum absolute atomic E-state index is 0.102. The molecule has 3 unspecified atom stereocenters. The summed E-state index contributed by atoms with van der Waals surface area (Å²) in [6.45, 7) is 11.7. The molecule has 0 spiro atoms. The Morgan fingerprint density at radius 2 is 0.593 bits per heavy atom. The number of unbranched alkanes of at least 4 members (excludes halogenated alkanes) is 32. The van der Waals surface area contributed by atoms with E-state index in [0.29, 0.717) is 25.7 Å². The number of hydrogen-bond donors (Lipinski definition) is 3. The zero-order valence-electron chi connectivity index (χ0n) is 55.8. The highest BCUT2D eigenvalue weighted by Crippen LogP contribution is 2.45. The van der Waals surface area contributed by atoms with Crippen LogP contribution in [0.2, 0.25) is 0 Å². The number of phosphoric acid groups is 2. The molecule has 17 nitrogen and oxygen atoms in total. The van der Waals surface area contributed by atoms with E-state index in [2.05, 4.69) is 48.5 Å². The molecular formula is C67H130O17P2. The summed E-state index contributed by atoms with van der Waals surface area (Å²) in [7, 11) is -9.89. The van der Waals surface area contributed by atoms with Crippen molar-refractivity contribution in [1.82, 2.24) is 0 Å². The smallest absolute Gasteiger partial charge is 0.462 e. The third kappa shape index (κ3) is 59.7. The molecule has 19 heteroatoms. The van der Waals surface area contributed by atoms with Crippen LogP contribution in [0.4, 0.5) is 0 Å². The number of rotatable bonds is 65. The van der Waals surface area contributed by atoms with Gasteiger partial charge in [-0.05, 0) is 43.4 Å². The van der Waals surface area contributed by atoms with Crippen molar-refractivity contribution in [2.24, 2.45) is 17.8 Å². The van der Waals surface area contributed by atoms with Gasteiger partial charge >= 0.3 is 39.5 Å². The normalized spacial score (nSPS) is 14.6. The molecule has 0 bridgehead atoms. The van der Waals surface area contributed by atoms with E-state index < -0.39 is 97.5 Å². The molecule has 0 saturated carbocycles. The zero-order valence-corrected chi connectivity index (χ0v) is 57.6. The number of esters is 4. The Hall–Kier alpha value is -1.94. The second kappa shape index (κ2) is 58.2. The molecule has 0 aliphatic carbocycles. The van der Waals surface area contributed by atoms with E-state index in [1.54, 1.807) is 0 Å². The summed E-state index contributed by atoms with van der Waals surface area (Å²) < 4.78 is 68.1. The van der Waals surface area contributed by atoms with E-state index in [4.69, 9.17) is 37.0 Å². The van der Waals surface area contributed by atoms with Gasteiger partial charge in [-0.3, -0.25) is 37.3 Å². The molecule has 6 atom stereocenters. The molecule has 0 radical (unpaired) electrons. The van der Waals surface area contributed by atoms with E-state index in [-0.39, 0.29) is 25.7 Å². The maximum atomic E-state index is 13.0. The summed E-state index contributed by atoms with van der Waals surface area (Å²) in [4.78, 5) is 72.3. The first-order valence-electron chi connectivity index (χ1n) is 34.9. The minimum atomic E-state index is -4.95. The molecule has 0 amide bonds. The maximum Gasteiger partial charge on any atom is 0.472 e. The number of carbonyl (C=O) groups excluding carboxylic acids is 4. The predicted molar refractivity (Wildman–Crippen MR) is 344 cm³/mol. The van der Waals surface area contributed by atoms with Crippen molar-refractivity contribution in [3.05, 3.63) is 0 Å².